The van der Waals surface area contributed by atoms with Crippen molar-refractivity contribution in [2.75, 3.05) is 6.54 Å². The van der Waals surface area contributed by atoms with Crippen LogP contribution in [0.1, 0.15) is 41.7 Å². The van der Waals surface area contributed by atoms with Crippen molar-refractivity contribution in [2.45, 2.75) is 45.2 Å². The molecule has 3 aliphatic rings. The van der Waals surface area contributed by atoms with E-state index in [0.29, 0.717) is 12.6 Å². The lowest BCUT2D eigenvalue weighted by molar-refractivity contribution is 0.0943. The lowest BCUT2D eigenvalue weighted by Crippen LogP contribution is -2.30. The minimum absolute atomic E-state index is 0.0605. The summed E-state index contributed by atoms with van der Waals surface area (Å²) in [6.07, 6.45) is 6.77. The first-order valence-corrected chi connectivity index (χ1v) is 8.24. The molecule has 2 bridgehead atoms. The van der Waals surface area contributed by atoms with Crippen molar-refractivity contribution < 1.29 is 4.79 Å². The minimum atomic E-state index is 0.0605. The highest BCUT2D eigenvalue weighted by atomic mass is 16.1. The van der Waals surface area contributed by atoms with E-state index < -0.39 is 0 Å². The highest BCUT2D eigenvalue weighted by Crippen LogP contribution is 2.65. The Morgan fingerprint density at radius 2 is 2.14 bits per heavy atom. The van der Waals surface area contributed by atoms with Gasteiger partial charge in [0.1, 0.15) is 0 Å². The van der Waals surface area contributed by atoms with Gasteiger partial charge in [-0.15, -0.1) is 0 Å². The predicted molar refractivity (Wildman–Crippen MR) is 79.7 cm³/mol. The maximum atomic E-state index is 12.5. The van der Waals surface area contributed by atoms with Gasteiger partial charge in [-0.25, -0.2) is 0 Å². The van der Waals surface area contributed by atoms with E-state index in [1.54, 1.807) is 6.20 Å². The molecule has 0 aromatic carbocycles. The van der Waals surface area contributed by atoms with Gasteiger partial charge in [0, 0.05) is 18.3 Å². The fraction of sp³-hybridized carbons (Fsp3) is 0.750. The van der Waals surface area contributed by atoms with Crippen LogP contribution in [0, 0.1) is 30.6 Å². The largest absolute Gasteiger partial charge is 0.349 e. The minimum Gasteiger partial charge on any atom is -0.349 e. The average Bonchev–Trinajstić information content (AvgIpc) is 2.85. The molecule has 5 heteroatoms. The summed E-state index contributed by atoms with van der Waals surface area (Å²) >= 11 is 0. The normalized spacial score (nSPS) is 35.8. The van der Waals surface area contributed by atoms with Crippen LogP contribution in [0.4, 0.5) is 0 Å². The number of carbonyl (C=O) groups excluding carboxylic acids is 1. The second-order valence-corrected chi connectivity index (χ2v) is 7.00. The molecule has 3 saturated carbocycles. The standard InChI is InChI=1S/C16H24N4O/c1-9-12(8-18-20(9)6-2-5-17)16(21)19-15-13-10-3-4-11(7-10)14(13)15/h8,10-11,13-15H,2-7,17H2,1H3,(H,19,21). The first-order valence-electron chi connectivity index (χ1n) is 8.24. The number of aromatic nitrogens is 2. The summed E-state index contributed by atoms with van der Waals surface area (Å²) in [4.78, 5) is 12.5. The summed E-state index contributed by atoms with van der Waals surface area (Å²) in [5.74, 6) is 3.39. The second-order valence-electron chi connectivity index (χ2n) is 7.00. The van der Waals surface area contributed by atoms with Gasteiger partial charge in [0.2, 0.25) is 0 Å². The molecule has 5 nitrogen and oxygen atoms in total. The molecule has 1 heterocycles. The van der Waals surface area contributed by atoms with E-state index >= 15 is 0 Å². The topological polar surface area (TPSA) is 72.9 Å². The summed E-state index contributed by atoms with van der Waals surface area (Å²) in [5, 5.41) is 7.58. The van der Waals surface area contributed by atoms with Crippen molar-refractivity contribution in [3.8, 4) is 0 Å². The molecule has 1 aromatic rings. The molecule has 0 radical (unpaired) electrons. The Bertz CT molecular complexity index is 551. The molecule has 4 rings (SSSR count). The van der Waals surface area contributed by atoms with Crippen LogP contribution in [0.15, 0.2) is 6.20 Å². The predicted octanol–water partition coefficient (Wildman–Crippen LogP) is 1.31. The van der Waals surface area contributed by atoms with E-state index in [1.165, 1.54) is 19.3 Å². The molecule has 21 heavy (non-hydrogen) atoms. The molecular weight excluding hydrogens is 264 g/mol. The van der Waals surface area contributed by atoms with Crippen LogP contribution in [-0.2, 0) is 6.54 Å². The van der Waals surface area contributed by atoms with Gasteiger partial charge in [0.15, 0.2) is 0 Å². The molecule has 3 N–H and O–H groups in total. The number of carbonyl (C=O) groups is 1. The smallest absolute Gasteiger partial charge is 0.254 e. The third-order valence-electron chi connectivity index (χ3n) is 5.95. The number of nitrogens with one attached hydrogen (secondary N) is 1. The molecule has 0 aliphatic heterocycles. The van der Waals surface area contributed by atoms with Gasteiger partial charge in [-0.05, 0) is 62.8 Å². The number of hydrogen-bond donors (Lipinski definition) is 2. The first kappa shape index (κ1) is 13.3. The molecule has 3 aliphatic carbocycles. The molecular formula is C16H24N4O. The van der Waals surface area contributed by atoms with Crippen molar-refractivity contribution in [1.29, 1.82) is 0 Å². The molecule has 4 atom stereocenters. The van der Waals surface area contributed by atoms with Gasteiger partial charge in [0.25, 0.3) is 5.91 Å². The lowest BCUT2D eigenvalue weighted by atomic mass is 10.0. The van der Waals surface area contributed by atoms with Crippen molar-refractivity contribution in [3.05, 3.63) is 17.5 Å². The number of nitrogens with two attached hydrogens (primary N) is 1. The quantitative estimate of drug-likeness (QED) is 0.858. The van der Waals surface area contributed by atoms with Crippen LogP contribution in [0.25, 0.3) is 0 Å². The Balaban J connectivity index is 1.41. The Morgan fingerprint density at radius 3 is 2.81 bits per heavy atom. The van der Waals surface area contributed by atoms with Crippen LogP contribution in [0.5, 0.6) is 0 Å². The van der Waals surface area contributed by atoms with Crippen LogP contribution in [0.3, 0.4) is 0 Å². The SMILES string of the molecule is Cc1c(C(=O)NC2C3C4CCC(C4)C23)cnn1CCCN. The Morgan fingerprint density at radius 1 is 1.43 bits per heavy atom. The molecule has 114 valence electrons. The maximum absolute atomic E-state index is 12.5. The van der Waals surface area contributed by atoms with Gasteiger partial charge in [0.05, 0.1) is 11.8 Å². The zero-order chi connectivity index (χ0) is 14.6. The molecule has 1 amide bonds. The second kappa shape index (κ2) is 4.83. The number of nitrogens with zero attached hydrogens (tertiary/aromatic N) is 2. The number of aryl methyl sites for hydroxylation is 1. The summed E-state index contributed by atoms with van der Waals surface area (Å²) in [6, 6.07) is 0.440. The van der Waals surface area contributed by atoms with Crippen molar-refractivity contribution >= 4 is 5.91 Å². The summed E-state index contributed by atoms with van der Waals surface area (Å²) in [7, 11) is 0. The van der Waals surface area contributed by atoms with Crippen molar-refractivity contribution in [2.24, 2.45) is 29.4 Å². The Hall–Kier alpha value is -1.36. The number of fused-ring (bicyclic) bond motifs is 5. The highest BCUT2D eigenvalue weighted by Gasteiger charge is 2.65. The maximum Gasteiger partial charge on any atom is 0.254 e. The molecule has 1 aromatic heterocycles. The van der Waals surface area contributed by atoms with E-state index in [0.717, 1.165) is 47.9 Å². The van der Waals surface area contributed by atoms with Gasteiger partial charge < -0.3 is 11.1 Å². The van der Waals surface area contributed by atoms with Gasteiger partial charge in [-0.3, -0.25) is 9.48 Å². The van der Waals surface area contributed by atoms with E-state index in [2.05, 4.69) is 10.4 Å². The van der Waals surface area contributed by atoms with E-state index in [1.807, 2.05) is 11.6 Å². The number of amides is 1. The highest BCUT2D eigenvalue weighted by molar-refractivity contribution is 5.95. The van der Waals surface area contributed by atoms with Crippen LogP contribution >= 0.6 is 0 Å². The van der Waals surface area contributed by atoms with E-state index in [9.17, 15) is 4.79 Å². The van der Waals surface area contributed by atoms with Crippen LogP contribution in [0.2, 0.25) is 0 Å². The van der Waals surface area contributed by atoms with Gasteiger partial charge in [-0.2, -0.15) is 5.10 Å². The van der Waals surface area contributed by atoms with E-state index in [-0.39, 0.29) is 5.91 Å². The Kier molecular flexibility index (Phi) is 3.06. The average molecular weight is 288 g/mol. The molecule has 3 fully saturated rings. The Labute approximate surface area is 125 Å². The fourth-order valence-corrected chi connectivity index (χ4v) is 4.88. The van der Waals surface area contributed by atoms with Gasteiger partial charge in [-0.1, -0.05) is 0 Å². The zero-order valence-electron chi connectivity index (χ0n) is 12.6. The van der Waals surface area contributed by atoms with Crippen molar-refractivity contribution in [1.82, 2.24) is 15.1 Å². The van der Waals surface area contributed by atoms with Crippen LogP contribution < -0.4 is 11.1 Å². The van der Waals surface area contributed by atoms with E-state index in [4.69, 9.17) is 5.73 Å². The summed E-state index contributed by atoms with van der Waals surface area (Å²) in [5.41, 5.74) is 7.21. The number of rotatable bonds is 5. The van der Waals surface area contributed by atoms with Crippen LogP contribution in [-0.4, -0.2) is 28.3 Å². The molecule has 0 saturated heterocycles. The van der Waals surface area contributed by atoms with Gasteiger partial charge >= 0.3 is 0 Å². The molecule has 4 unspecified atom stereocenters. The fourth-order valence-electron chi connectivity index (χ4n) is 4.88. The zero-order valence-corrected chi connectivity index (χ0v) is 12.6. The summed E-state index contributed by atoms with van der Waals surface area (Å²) < 4.78 is 1.89. The number of hydrogen-bond acceptors (Lipinski definition) is 3. The molecule has 0 spiro atoms. The van der Waals surface area contributed by atoms with Crippen molar-refractivity contribution in [3.63, 3.8) is 0 Å². The summed E-state index contributed by atoms with van der Waals surface area (Å²) in [6.45, 7) is 3.40. The first-order chi connectivity index (χ1) is 10.2. The monoisotopic (exact) mass is 288 g/mol. The third-order valence-corrected chi connectivity index (χ3v) is 5.95. The third kappa shape index (κ3) is 2.01. The lowest BCUT2D eigenvalue weighted by Gasteiger charge is -2.10.